The summed E-state index contributed by atoms with van der Waals surface area (Å²) in [6.07, 6.45) is -4.48. The number of amides is 1. The summed E-state index contributed by atoms with van der Waals surface area (Å²) in [6.45, 7) is 1.33. The highest BCUT2D eigenvalue weighted by Crippen LogP contribution is 2.29. The van der Waals surface area contributed by atoms with Crippen molar-refractivity contribution in [2.45, 2.75) is 24.0 Å². The fraction of sp³-hybridized carbons (Fsp3) is 0.188. The second-order valence-electron chi connectivity index (χ2n) is 5.36. The van der Waals surface area contributed by atoms with Crippen molar-refractivity contribution in [1.82, 2.24) is 4.72 Å². The summed E-state index contributed by atoms with van der Waals surface area (Å²) in [4.78, 5) is 12.1. The largest absolute Gasteiger partial charge is 0.416 e. The highest BCUT2D eigenvalue weighted by Gasteiger charge is 2.30. The molecular formula is C16H14BrF3N2O3S. The van der Waals surface area contributed by atoms with Gasteiger partial charge in [-0.2, -0.15) is 17.9 Å². The van der Waals surface area contributed by atoms with Crippen LogP contribution in [0.1, 0.15) is 12.5 Å². The molecule has 0 unspecified atom stereocenters. The van der Waals surface area contributed by atoms with E-state index in [-0.39, 0.29) is 10.6 Å². The fourth-order valence-corrected chi connectivity index (χ4v) is 3.43. The molecule has 2 aromatic rings. The molecule has 5 nitrogen and oxygen atoms in total. The van der Waals surface area contributed by atoms with Crippen LogP contribution in [-0.2, 0) is 21.0 Å². The van der Waals surface area contributed by atoms with Crippen molar-refractivity contribution in [3.8, 4) is 0 Å². The van der Waals surface area contributed by atoms with E-state index in [4.69, 9.17) is 0 Å². The summed E-state index contributed by atoms with van der Waals surface area (Å²) >= 11 is 3.19. The van der Waals surface area contributed by atoms with Crippen LogP contribution in [0.3, 0.4) is 0 Å². The molecule has 1 atom stereocenters. The van der Waals surface area contributed by atoms with Gasteiger partial charge in [-0.3, -0.25) is 4.79 Å². The van der Waals surface area contributed by atoms with Gasteiger partial charge >= 0.3 is 6.18 Å². The quantitative estimate of drug-likeness (QED) is 0.727. The van der Waals surface area contributed by atoms with Gasteiger partial charge in [-0.25, -0.2) is 8.42 Å². The van der Waals surface area contributed by atoms with E-state index in [2.05, 4.69) is 26.0 Å². The summed E-state index contributed by atoms with van der Waals surface area (Å²) in [5.41, 5.74) is -0.725. The van der Waals surface area contributed by atoms with Gasteiger partial charge < -0.3 is 5.32 Å². The Kier molecular flexibility index (Phi) is 6.09. The molecule has 0 fully saturated rings. The van der Waals surface area contributed by atoms with Gasteiger partial charge in [0.05, 0.1) is 16.5 Å². The maximum atomic E-state index is 12.5. The highest BCUT2D eigenvalue weighted by molar-refractivity contribution is 9.10. The lowest BCUT2D eigenvalue weighted by Crippen LogP contribution is -2.41. The van der Waals surface area contributed by atoms with Gasteiger partial charge in [0.2, 0.25) is 15.9 Å². The zero-order valence-electron chi connectivity index (χ0n) is 13.3. The predicted octanol–water partition coefficient (Wildman–Crippen LogP) is 3.77. The maximum Gasteiger partial charge on any atom is 0.416 e. The average molecular weight is 451 g/mol. The molecule has 140 valence electrons. The molecule has 26 heavy (non-hydrogen) atoms. The number of benzene rings is 2. The number of alkyl halides is 3. The number of sulfonamides is 1. The van der Waals surface area contributed by atoms with Crippen molar-refractivity contribution in [2.24, 2.45) is 0 Å². The van der Waals surface area contributed by atoms with E-state index in [0.29, 0.717) is 4.47 Å². The van der Waals surface area contributed by atoms with Gasteiger partial charge in [-0.1, -0.05) is 15.9 Å². The Labute approximate surface area is 156 Å². The first kappa shape index (κ1) is 20.4. The number of rotatable bonds is 5. The molecule has 0 aromatic heterocycles. The Morgan fingerprint density at radius 1 is 1.04 bits per heavy atom. The molecule has 0 heterocycles. The van der Waals surface area contributed by atoms with Crippen molar-refractivity contribution in [1.29, 1.82) is 0 Å². The minimum absolute atomic E-state index is 0.0186. The zero-order valence-corrected chi connectivity index (χ0v) is 15.7. The molecule has 0 bridgehead atoms. The van der Waals surface area contributed by atoms with Crippen LogP contribution >= 0.6 is 15.9 Å². The Morgan fingerprint density at radius 3 is 2.08 bits per heavy atom. The minimum Gasteiger partial charge on any atom is -0.325 e. The molecule has 0 aliphatic heterocycles. The number of carbonyl (C=O) groups excluding carboxylic acids is 1. The molecule has 2 N–H and O–H groups in total. The second kappa shape index (κ2) is 7.77. The third kappa shape index (κ3) is 5.29. The molecule has 0 aliphatic rings. The van der Waals surface area contributed by atoms with Gasteiger partial charge in [0.1, 0.15) is 0 Å². The summed E-state index contributed by atoms with van der Waals surface area (Å²) in [6, 6.07) is 8.53. The van der Waals surface area contributed by atoms with E-state index in [1.165, 1.54) is 19.1 Å². The number of carbonyl (C=O) groups is 1. The van der Waals surface area contributed by atoms with E-state index in [1.807, 2.05) is 0 Å². The van der Waals surface area contributed by atoms with E-state index in [0.717, 1.165) is 24.3 Å². The van der Waals surface area contributed by atoms with Crippen molar-refractivity contribution in [2.75, 3.05) is 5.32 Å². The second-order valence-corrected chi connectivity index (χ2v) is 7.99. The van der Waals surface area contributed by atoms with Gasteiger partial charge in [0.25, 0.3) is 0 Å². The SMILES string of the molecule is C[C@@H](NS(=O)(=O)c1ccc(Br)cc1)C(=O)Nc1ccc(C(F)(F)F)cc1. The molecule has 2 rings (SSSR count). The average Bonchev–Trinajstić information content (AvgIpc) is 2.54. The standard InChI is InChI=1S/C16H14BrF3N2O3S/c1-10(22-26(24,25)14-8-4-12(17)5-9-14)15(23)21-13-6-2-11(3-7-13)16(18,19)20/h2-10,22H,1H3,(H,21,23)/t10-/m1/s1. The Balaban J connectivity index is 2.04. The monoisotopic (exact) mass is 450 g/mol. The van der Waals surface area contributed by atoms with Crippen LogP contribution in [0.4, 0.5) is 18.9 Å². The summed E-state index contributed by atoms with van der Waals surface area (Å²) in [5.74, 6) is -0.703. The van der Waals surface area contributed by atoms with Crippen LogP contribution in [0.2, 0.25) is 0 Å². The first-order valence-corrected chi connectivity index (χ1v) is 9.53. The molecule has 10 heteroatoms. The lowest BCUT2D eigenvalue weighted by atomic mass is 10.2. The van der Waals surface area contributed by atoms with Gasteiger partial charge in [-0.05, 0) is 55.5 Å². The normalized spacial score (nSPS) is 13.3. The number of anilines is 1. The van der Waals surface area contributed by atoms with E-state index >= 15 is 0 Å². The molecule has 0 spiro atoms. The van der Waals surface area contributed by atoms with Crippen LogP contribution in [0, 0.1) is 0 Å². The Hall–Kier alpha value is -1.91. The first-order valence-electron chi connectivity index (χ1n) is 7.25. The highest BCUT2D eigenvalue weighted by atomic mass is 79.9. The van der Waals surface area contributed by atoms with Gasteiger partial charge in [0, 0.05) is 10.2 Å². The summed E-state index contributed by atoms with van der Waals surface area (Å²) in [5, 5.41) is 2.36. The molecule has 2 aromatic carbocycles. The van der Waals surface area contributed by atoms with E-state index in [1.54, 1.807) is 12.1 Å². The Bertz CT molecular complexity index is 882. The molecule has 1 amide bonds. The summed E-state index contributed by atoms with van der Waals surface area (Å²) < 4.78 is 64.9. The molecular weight excluding hydrogens is 437 g/mol. The topological polar surface area (TPSA) is 75.3 Å². The zero-order chi connectivity index (χ0) is 19.5. The minimum atomic E-state index is -4.48. The number of hydrogen-bond acceptors (Lipinski definition) is 3. The predicted molar refractivity (Wildman–Crippen MR) is 94.0 cm³/mol. The third-order valence-corrected chi connectivity index (χ3v) is 5.41. The number of hydrogen-bond donors (Lipinski definition) is 2. The van der Waals surface area contributed by atoms with Crippen molar-refractivity contribution in [3.05, 3.63) is 58.6 Å². The van der Waals surface area contributed by atoms with Crippen LogP contribution in [-0.4, -0.2) is 20.4 Å². The van der Waals surface area contributed by atoms with E-state index in [9.17, 15) is 26.4 Å². The van der Waals surface area contributed by atoms with Gasteiger partial charge in [-0.15, -0.1) is 0 Å². The van der Waals surface area contributed by atoms with Gasteiger partial charge in [0.15, 0.2) is 0 Å². The van der Waals surface area contributed by atoms with Crippen LogP contribution in [0.25, 0.3) is 0 Å². The Morgan fingerprint density at radius 2 is 1.58 bits per heavy atom. The maximum absolute atomic E-state index is 12.5. The molecule has 0 saturated carbocycles. The smallest absolute Gasteiger partial charge is 0.325 e. The van der Waals surface area contributed by atoms with Crippen LogP contribution in [0.5, 0.6) is 0 Å². The van der Waals surface area contributed by atoms with Crippen molar-refractivity contribution >= 4 is 37.5 Å². The van der Waals surface area contributed by atoms with Crippen LogP contribution in [0.15, 0.2) is 57.9 Å². The van der Waals surface area contributed by atoms with Crippen molar-refractivity contribution in [3.63, 3.8) is 0 Å². The molecule has 0 radical (unpaired) electrons. The van der Waals surface area contributed by atoms with Crippen LogP contribution < -0.4 is 10.0 Å². The number of nitrogens with one attached hydrogen (secondary N) is 2. The number of halogens is 4. The van der Waals surface area contributed by atoms with E-state index < -0.39 is 33.7 Å². The van der Waals surface area contributed by atoms with Crippen molar-refractivity contribution < 1.29 is 26.4 Å². The summed E-state index contributed by atoms with van der Waals surface area (Å²) in [7, 11) is -3.92. The lowest BCUT2D eigenvalue weighted by molar-refractivity contribution is -0.137. The first-order chi connectivity index (χ1) is 12.0. The molecule has 0 saturated heterocycles. The fourth-order valence-electron chi connectivity index (χ4n) is 1.96. The third-order valence-electron chi connectivity index (χ3n) is 3.33. The molecule has 0 aliphatic carbocycles. The lowest BCUT2D eigenvalue weighted by Gasteiger charge is -2.15.